The second kappa shape index (κ2) is 17.6. The molecule has 1 amide bonds. The molecule has 1 atom stereocenters. The van der Waals surface area contributed by atoms with Crippen LogP contribution in [0.3, 0.4) is 0 Å². The predicted octanol–water partition coefficient (Wildman–Crippen LogP) is 8.64. The van der Waals surface area contributed by atoms with Crippen molar-refractivity contribution in [2.75, 3.05) is 19.8 Å². The van der Waals surface area contributed by atoms with E-state index >= 15 is 0 Å². The number of hydrogen-bond donors (Lipinski definition) is 0. The lowest BCUT2D eigenvalue weighted by molar-refractivity contribution is -0.0655. The van der Waals surface area contributed by atoms with Crippen molar-refractivity contribution in [3.63, 3.8) is 0 Å². The van der Waals surface area contributed by atoms with E-state index in [0.29, 0.717) is 13.2 Å². The lowest BCUT2D eigenvalue weighted by atomic mass is 10.0. The van der Waals surface area contributed by atoms with Crippen LogP contribution in [0.25, 0.3) is 0 Å². The molecule has 5 nitrogen and oxygen atoms in total. The SMILES string of the molecule is CCCCCCCCCCCCCCCCCCOC[C@@H]1COC(C)(C)N1C(=O)OC(C)(C)C. The van der Waals surface area contributed by atoms with E-state index in [4.69, 9.17) is 14.2 Å². The van der Waals surface area contributed by atoms with Gasteiger partial charge in [-0.05, 0) is 41.0 Å². The number of carbonyl (C=O) groups is 1. The molecule has 5 heteroatoms. The molecule has 0 aromatic carbocycles. The summed E-state index contributed by atoms with van der Waals surface area (Å²) in [6, 6.07) is -0.0918. The topological polar surface area (TPSA) is 48.0 Å². The van der Waals surface area contributed by atoms with Crippen molar-refractivity contribution in [1.82, 2.24) is 4.90 Å². The zero-order valence-corrected chi connectivity index (χ0v) is 23.6. The maximum atomic E-state index is 12.6. The van der Waals surface area contributed by atoms with Crippen LogP contribution in [0.2, 0.25) is 0 Å². The van der Waals surface area contributed by atoms with Gasteiger partial charge in [-0.15, -0.1) is 0 Å². The lowest BCUT2D eigenvalue weighted by Gasteiger charge is -2.35. The first-order chi connectivity index (χ1) is 16.2. The zero-order valence-electron chi connectivity index (χ0n) is 23.6. The average Bonchev–Trinajstić information content (AvgIpc) is 3.05. The highest BCUT2D eigenvalue weighted by molar-refractivity contribution is 5.69. The fourth-order valence-electron chi connectivity index (χ4n) is 4.66. The molecule has 1 aliphatic rings. The third kappa shape index (κ3) is 14.6. The van der Waals surface area contributed by atoms with Gasteiger partial charge < -0.3 is 14.2 Å². The fraction of sp³-hybridized carbons (Fsp3) is 0.966. The van der Waals surface area contributed by atoms with E-state index in [2.05, 4.69) is 6.92 Å². The van der Waals surface area contributed by atoms with Gasteiger partial charge in [0.25, 0.3) is 0 Å². The van der Waals surface area contributed by atoms with Gasteiger partial charge in [0.1, 0.15) is 11.3 Å². The molecule has 0 aromatic heterocycles. The molecule has 0 radical (unpaired) electrons. The van der Waals surface area contributed by atoms with Gasteiger partial charge in [0.05, 0.1) is 19.3 Å². The lowest BCUT2D eigenvalue weighted by Crippen LogP contribution is -2.51. The molecule has 1 fully saturated rings. The van der Waals surface area contributed by atoms with E-state index < -0.39 is 11.3 Å². The summed E-state index contributed by atoms with van der Waals surface area (Å²) < 4.78 is 17.3. The summed E-state index contributed by atoms with van der Waals surface area (Å²) in [4.78, 5) is 14.3. The molecule has 0 unspecified atom stereocenters. The Morgan fingerprint density at radius 3 is 1.71 bits per heavy atom. The highest BCUT2D eigenvalue weighted by Gasteiger charge is 2.45. The van der Waals surface area contributed by atoms with Crippen molar-refractivity contribution in [3.05, 3.63) is 0 Å². The van der Waals surface area contributed by atoms with Gasteiger partial charge in [0, 0.05) is 6.61 Å². The van der Waals surface area contributed by atoms with Crippen LogP contribution in [-0.4, -0.2) is 48.2 Å². The molecule has 0 aromatic rings. The molecule has 0 aliphatic carbocycles. The summed E-state index contributed by atoms with van der Waals surface area (Å²) >= 11 is 0. The van der Waals surface area contributed by atoms with E-state index in [1.807, 2.05) is 34.6 Å². The first-order valence-electron chi connectivity index (χ1n) is 14.4. The number of nitrogens with zero attached hydrogens (tertiary/aromatic N) is 1. The van der Waals surface area contributed by atoms with E-state index in [-0.39, 0.29) is 12.1 Å². The molecule has 0 bridgehead atoms. The van der Waals surface area contributed by atoms with Crippen molar-refractivity contribution in [1.29, 1.82) is 0 Å². The monoisotopic (exact) mass is 483 g/mol. The Hall–Kier alpha value is -0.810. The minimum absolute atomic E-state index is 0.0918. The summed E-state index contributed by atoms with van der Waals surface area (Å²) in [6.07, 6.45) is 21.6. The number of amides is 1. The first-order valence-corrected chi connectivity index (χ1v) is 14.4. The fourth-order valence-corrected chi connectivity index (χ4v) is 4.66. The molecular weight excluding hydrogens is 426 g/mol. The minimum Gasteiger partial charge on any atom is -0.444 e. The molecule has 0 spiro atoms. The highest BCUT2D eigenvalue weighted by Crippen LogP contribution is 2.29. The van der Waals surface area contributed by atoms with Gasteiger partial charge in [0.15, 0.2) is 0 Å². The van der Waals surface area contributed by atoms with E-state index in [9.17, 15) is 4.79 Å². The first kappa shape index (κ1) is 31.2. The van der Waals surface area contributed by atoms with E-state index in [1.54, 1.807) is 4.90 Å². The number of hydrogen-bond acceptors (Lipinski definition) is 4. The number of unbranched alkanes of at least 4 members (excludes halogenated alkanes) is 15. The van der Waals surface area contributed by atoms with Gasteiger partial charge in [-0.1, -0.05) is 103 Å². The number of rotatable bonds is 19. The summed E-state index contributed by atoms with van der Waals surface area (Å²) in [6.45, 7) is 13.5. The van der Waals surface area contributed by atoms with Crippen molar-refractivity contribution in [2.45, 2.75) is 162 Å². The van der Waals surface area contributed by atoms with Crippen molar-refractivity contribution in [3.8, 4) is 0 Å². The van der Waals surface area contributed by atoms with Crippen LogP contribution in [0.4, 0.5) is 4.79 Å². The molecule has 0 saturated carbocycles. The van der Waals surface area contributed by atoms with Crippen LogP contribution in [-0.2, 0) is 14.2 Å². The average molecular weight is 484 g/mol. The van der Waals surface area contributed by atoms with Crippen LogP contribution < -0.4 is 0 Å². The largest absolute Gasteiger partial charge is 0.444 e. The van der Waals surface area contributed by atoms with Gasteiger partial charge in [0.2, 0.25) is 0 Å². The van der Waals surface area contributed by atoms with Crippen LogP contribution in [0.1, 0.15) is 144 Å². The summed E-state index contributed by atoms with van der Waals surface area (Å²) in [5, 5.41) is 0. The maximum Gasteiger partial charge on any atom is 0.412 e. The van der Waals surface area contributed by atoms with Gasteiger partial charge in [-0.3, -0.25) is 4.90 Å². The summed E-state index contributed by atoms with van der Waals surface area (Å²) in [5.41, 5.74) is -1.18. The molecule has 1 saturated heterocycles. The minimum atomic E-state index is -0.662. The maximum absolute atomic E-state index is 12.6. The third-order valence-electron chi connectivity index (χ3n) is 6.62. The van der Waals surface area contributed by atoms with Gasteiger partial charge >= 0.3 is 6.09 Å². The predicted molar refractivity (Wildman–Crippen MR) is 142 cm³/mol. The van der Waals surface area contributed by atoms with Crippen LogP contribution in [0.15, 0.2) is 0 Å². The van der Waals surface area contributed by atoms with Gasteiger partial charge in [-0.25, -0.2) is 4.79 Å². The Morgan fingerprint density at radius 1 is 0.824 bits per heavy atom. The summed E-state index contributed by atoms with van der Waals surface area (Å²) in [5.74, 6) is 0. The molecule has 1 rings (SSSR count). The number of carbonyl (C=O) groups excluding carboxylic acids is 1. The van der Waals surface area contributed by atoms with Gasteiger partial charge in [-0.2, -0.15) is 0 Å². The zero-order chi connectivity index (χ0) is 25.3. The van der Waals surface area contributed by atoms with E-state index in [0.717, 1.165) is 13.0 Å². The standard InChI is InChI=1S/C29H57NO4/c1-7-8-9-10-11-12-13-14-15-16-17-18-19-20-21-22-23-32-24-26-25-33-29(5,6)30(26)27(31)34-28(2,3)4/h26H,7-25H2,1-6H3/t26-/m1/s1. The highest BCUT2D eigenvalue weighted by atomic mass is 16.6. The second-order valence-corrected chi connectivity index (χ2v) is 11.6. The number of ether oxygens (including phenoxy) is 3. The Balaban J connectivity index is 1.96. The third-order valence-corrected chi connectivity index (χ3v) is 6.62. The molecule has 202 valence electrons. The summed E-state index contributed by atoms with van der Waals surface area (Å²) in [7, 11) is 0. The van der Waals surface area contributed by atoms with Crippen LogP contribution >= 0.6 is 0 Å². The van der Waals surface area contributed by atoms with Crippen molar-refractivity contribution < 1.29 is 19.0 Å². The quantitative estimate of drug-likeness (QED) is 0.172. The Kier molecular flexibility index (Phi) is 16.2. The molecule has 0 N–H and O–H groups in total. The Bertz CT molecular complexity index is 515. The molecule has 1 heterocycles. The van der Waals surface area contributed by atoms with Crippen LogP contribution in [0, 0.1) is 0 Å². The Morgan fingerprint density at radius 2 is 1.26 bits per heavy atom. The van der Waals surface area contributed by atoms with Crippen molar-refractivity contribution in [2.24, 2.45) is 0 Å². The Labute approximate surface area is 211 Å². The van der Waals surface area contributed by atoms with E-state index in [1.165, 1.54) is 96.3 Å². The molecule has 1 aliphatic heterocycles. The van der Waals surface area contributed by atoms with Crippen LogP contribution in [0.5, 0.6) is 0 Å². The molecule has 34 heavy (non-hydrogen) atoms. The second-order valence-electron chi connectivity index (χ2n) is 11.6. The normalized spacial score (nSPS) is 17.9. The van der Waals surface area contributed by atoms with Crippen molar-refractivity contribution >= 4 is 6.09 Å². The smallest absolute Gasteiger partial charge is 0.412 e. The molecular formula is C29H57NO4.